The van der Waals surface area contributed by atoms with Crippen LogP contribution < -0.4 is 20.9 Å². The fraction of sp³-hybridized carbons (Fsp3) is 0.316. The van der Waals surface area contributed by atoms with E-state index in [4.69, 9.17) is 16.3 Å². The summed E-state index contributed by atoms with van der Waals surface area (Å²) >= 11 is 6.96. The molecule has 2 heterocycles. The maximum absolute atomic E-state index is 14.5. The third kappa shape index (κ3) is 5.33. The molecule has 1 aliphatic rings. The summed E-state index contributed by atoms with van der Waals surface area (Å²) in [5.74, 6) is -1.75. The molecular formula is C19H20ClFN4O4S. The smallest absolute Gasteiger partial charge is 0.261 e. The van der Waals surface area contributed by atoms with Gasteiger partial charge in [0.05, 0.1) is 21.5 Å². The number of likely N-dealkylation sites (N-methyl/N-ethyl adjacent to an activating group) is 1. The van der Waals surface area contributed by atoms with Crippen molar-refractivity contribution in [3.8, 4) is 0 Å². The van der Waals surface area contributed by atoms with Crippen molar-refractivity contribution >= 4 is 52.0 Å². The van der Waals surface area contributed by atoms with Crippen LogP contribution in [0.2, 0.25) is 4.34 Å². The summed E-state index contributed by atoms with van der Waals surface area (Å²) in [7, 11) is 1.58. The number of benzene rings is 1. The minimum atomic E-state index is -0.743. The first kappa shape index (κ1) is 22.2. The predicted octanol–water partition coefficient (Wildman–Crippen LogP) is 1.86. The van der Waals surface area contributed by atoms with Crippen molar-refractivity contribution in [1.82, 2.24) is 10.6 Å². The monoisotopic (exact) mass is 454 g/mol. The number of hydrogen-bond acceptors (Lipinski definition) is 6. The standard InChI is InChI=1S/C19H20ClFN4O4S/c1-22-13(9-23-19(28)15-4-5-16(20)30-15)18(27)24-11-2-3-14(12(21)8-11)25-6-7-29-10-17(25)26/h2-5,8,13,22H,6-7,9-10H2,1H3,(H,23,28)(H,24,27)/t13-/m1/s1. The molecular weight excluding hydrogens is 435 g/mol. The first-order chi connectivity index (χ1) is 14.4. The minimum absolute atomic E-state index is 0.0273. The van der Waals surface area contributed by atoms with Crippen LogP contribution in [0.15, 0.2) is 30.3 Å². The van der Waals surface area contributed by atoms with Crippen LogP contribution in [0.3, 0.4) is 0 Å². The zero-order valence-electron chi connectivity index (χ0n) is 16.0. The van der Waals surface area contributed by atoms with Crippen LogP contribution in [0, 0.1) is 5.82 Å². The van der Waals surface area contributed by atoms with Gasteiger partial charge >= 0.3 is 0 Å². The maximum atomic E-state index is 14.5. The molecule has 0 aliphatic carbocycles. The molecule has 1 atom stereocenters. The molecule has 0 bridgehead atoms. The van der Waals surface area contributed by atoms with Gasteiger partial charge in [0.2, 0.25) is 5.91 Å². The van der Waals surface area contributed by atoms with E-state index >= 15 is 0 Å². The number of thiophene rings is 1. The Morgan fingerprint density at radius 3 is 2.77 bits per heavy atom. The van der Waals surface area contributed by atoms with E-state index in [2.05, 4.69) is 16.0 Å². The van der Waals surface area contributed by atoms with E-state index in [1.54, 1.807) is 19.2 Å². The van der Waals surface area contributed by atoms with Crippen molar-refractivity contribution in [3.63, 3.8) is 0 Å². The Morgan fingerprint density at radius 2 is 2.13 bits per heavy atom. The van der Waals surface area contributed by atoms with Gasteiger partial charge in [-0.3, -0.25) is 14.4 Å². The normalized spacial score (nSPS) is 15.0. The highest BCUT2D eigenvalue weighted by Gasteiger charge is 2.24. The van der Waals surface area contributed by atoms with Crippen LogP contribution in [0.4, 0.5) is 15.8 Å². The van der Waals surface area contributed by atoms with E-state index in [0.29, 0.717) is 15.8 Å². The van der Waals surface area contributed by atoms with Crippen molar-refractivity contribution in [3.05, 3.63) is 45.4 Å². The van der Waals surface area contributed by atoms with Crippen LogP contribution in [0.5, 0.6) is 0 Å². The molecule has 3 N–H and O–H groups in total. The van der Waals surface area contributed by atoms with Gasteiger partial charge in [-0.05, 0) is 37.4 Å². The Morgan fingerprint density at radius 1 is 1.33 bits per heavy atom. The fourth-order valence-electron chi connectivity index (χ4n) is 2.85. The lowest BCUT2D eigenvalue weighted by Gasteiger charge is -2.27. The van der Waals surface area contributed by atoms with Gasteiger partial charge in [0.1, 0.15) is 18.5 Å². The quantitative estimate of drug-likeness (QED) is 0.593. The third-order valence-electron chi connectivity index (χ3n) is 4.42. The van der Waals surface area contributed by atoms with Gasteiger partial charge in [0, 0.05) is 18.8 Å². The molecule has 0 unspecified atom stereocenters. The number of morpholine rings is 1. The van der Waals surface area contributed by atoms with Gasteiger partial charge in [-0.25, -0.2) is 4.39 Å². The molecule has 160 valence electrons. The topological polar surface area (TPSA) is 99.8 Å². The largest absolute Gasteiger partial charge is 0.370 e. The van der Waals surface area contributed by atoms with Crippen molar-refractivity contribution in [2.24, 2.45) is 0 Å². The van der Waals surface area contributed by atoms with Crippen LogP contribution in [-0.4, -0.2) is 57.1 Å². The second-order valence-corrected chi connectivity index (χ2v) is 8.12. The molecule has 8 nitrogen and oxygen atoms in total. The molecule has 1 aromatic carbocycles. The average Bonchev–Trinajstić information content (AvgIpc) is 3.16. The lowest BCUT2D eigenvalue weighted by Crippen LogP contribution is -2.47. The number of carbonyl (C=O) groups is 3. The Hall–Kier alpha value is -2.53. The minimum Gasteiger partial charge on any atom is -0.370 e. The number of hydrogen-bond donors (Lipinski definition) is 3. The summed E-state index contributed by atoms with van der Waals surface area (Å²) in [6.45, 7) is 0.528. The number of nitrogens with one attached hydrogen (secondary N) is 3. The molecule has 1 aliphatic heterocycles. The maximum Gasteiger partial charge on any atom is 0.261 e. The molecule has 1 aromatic heterocycles. The summed E-state index contributed by atoms with van der Waals surface area (Å²) in [5.41, 5.74) is 0.368. The Labute approximate surface area is 181 Å². The molecule has 0 radical (unpaired) electrons. The van der Waals surface area contributed by atoms with Crippen LogP contribution in [0.1, 0.15) is 9.67 Å². The van der Waals surface area contributed by atoms with Crippen molar-refractivity contribution in [1.29, 1.82) is 0 Å². The zero-order valence-corrected chi connectivity index (χ0v) is 17.6. The molecule has 3 rings (SSSR count). The molecule has 11 heteroatoms. The Bertz CT molecular complexity index is 954. The number of halogens is 2. The van der Waals surface area contributed by atoms with Gasteiger partial charge in [0.15, 0.2) is 0 Å². The number of anilines is 2. The first-order valence-corrected chi connectivity index (χ1v) is 10.3. The van der Waals surface area contributed by atoms with Crippen LogP contribution in [-0.2, 0) is 14.3 Å². The highest BCUT2D eigenvalue weighted by atomic mass is 35.5. The SMILES string of the molecule is CN[C@H](CNC(=O)c1ccc(Cl)s1)C(=O)Nc1ccc(N2CCOCC2=O)c(F)c1. The highest BCUT2D eigenvalue weighted by Crippen LogP contribution is 2.24. The third-order valence-corrected chi connectivity index (χ3v) is 5.65. The molecule has 0 saturated carbocycles. The average molecular weight is 455 g/mol. The van der Waals surface area contributed by atoms with Gasteiger partial charge in [-0.2, -0.15) is 0 Å². The molecule has 0 spiro atoms. The van der Waals surface area contributed by atoms with Gasteiger partial charge in [-0.15, -0.1) is 11.3 Å². The summed E-state index contributed by atoms with van der Waals surface area (Å²) in [6, 6.07) is 6.57. The van der Waals surface area contributed by atoms with Crippen molar-refractivity contribution < 1.29 is 23.5 Å². The van der Waals surface area contributed by atoms with Crippen LogP contribution >= 0.6 is 22.9 Å². The van der Waals surface area contributed by atoms with Crippen molar-refractivity contribution in [2.45, 2.75) is 6.04 Å². The summed E-state index contributed by atoms with van der Waals surface area (Å²) in [4.78, 5) is 38.2. The number of carbonyl (C=O) groups excluding carboxylic acids is 3. The van der Waals surface area contributed by atoms with E-state index in [9.17, 15) is 18.8 Å². The molecule has 1 fully saturated rings. The fourth-order valence-corrected chi connectivity index (χ4v) is 3.81. The van der Waals surface area contributed by atoms with Gasteiger partial charge in [-0.1, -0.05) is 11.6 Å². The van der Waals surface area contributed by atoms with Gasteiger partial charge in [0.25, 0.3) is 11.8 Å². The van der Waals surface area contributed by atoms with E-state index in [1.165, 1.54) is 17.0 Å². The number of rotatable bonds is 7. The van der Waals surface area contributed by atoms with Crippen molar-refractivity contribution in [2.75, 3.05) is 43.6 Å². The van der Waals surface area contributed by atoms with E-state index in [-0.39, 0.29) is 42.9 Å². The van der Waals surface area contributed by atoms with E-state index < -0.39 is 17.8 Å². The van der Waals surface area contributed by atoms with Crippen LogP contribution in [0.25, 0.3) is 0 Å². The Balaban J connectivity index is 1.60. The molecule has 2 aromatic rings. The number of nitrogens with zero attached hydrogens (tertiary/aromatic N) is 1. The van der Waals surface area contributed by atoms with Gasteiger partial charge < -0.3 is 25.6 Å². The second-order valence-electron chi connectivity index (χ2n) is 6.41. The Kier molecular flexibility index (Phi) is 7.38. The number of amides is 3. The summed E-state index contributed by atoms with van der Waals surface area (Å²) in [6.07, 6.45) is 0. The lowest BCUT2D eigenvalue weighted by atomic mass is 10.2. The second kappa shape index (κ2) is 9.98. The zero-order chi connectivity index (χ0) is 21.7. The lowest BCUT2D eigenvalue weighted by molar-refractivity contribution is -0.125. The summed E-state index contributed by atoms with van der Waals surface area (Å²) < 4.78 is 20.1. The highest BCUT2D eigenvalue weighted by molar-refractivity contribution is 7.18. The number of ether oxygens (including phenoxy) is 1. The summed E-state index contributed by atoms with van der Waals surface area (Å²) in [5, 5.41) is 8.07. The predicted molar refractivity (Wildman–Crippen MR) is 113 cm³/mol. The van der Waals surface area contributed by atoms with E-state index in [0.717, 1.165) is 17.4 Å². The molecule has 3 amide bonds. The molecule has 30 heavy (non-hydrogen) atoms. The molecule has 1 saturated heterocycles. The van der Waals surface area contributed by atoms with E-state index in [1.807, 2.05) is 0 Å². The first-order valence-electron chi connectivity index (χ1n) is 9.08.